The van der Waals surface area contributed by atoms with E-state index in [1.54, 1.807) is 7.11 Å². The Hall–Kier alpha value is 0.130. The number of hydrogen-bond acceptors (Lipinski definition) is 4. The second-order valence-corrected chi connectivity index (χ2v) is 5.28. The minimum atomic E-state index is 0.0517. The Morgan fingerprint density at radius 1 is 1.59 bits per heavy atom. The smallest absolute Gasteiger partial charge is 0.0829 e. The van der Waals surface area contributed by atoms with Crippen LogP contribution in [0.5, 0.6) is 0 Å². The summed E-state index contributed by atoms with van der Waals surface area (Å²) in [6.45, 7) is 8.58. The van der Waals surface area contributed by atoms with E-state index in [0.717, 1.165) is 39.3 Å². The van der Waals surface area contributed by atoms with Gasteiger partial charge in [-0.25, -0.2) is 0 Å². The van der Waals surface area contributed by atoms with Crippen LogP contribution in [0.1, 0.15) is 6.92 Å². The minimum absolute atomic E-state index is 0.0517. The molecule has 1 aliphatic rings. The molecular weight excluding hydrogens is 240 g/mol. The highest BCUT2D eigenvalue weighted by atomic mass is 35.5. The molecule has 2 atom stereocenters. The Morgan fingerprint density at radius 3 is 3.00 bits per heavy atom. The summed E-state index contributed by atoms with van der Waals surface area (Å²) in [4.78, 5) is 4.65. The molecule has 0 spiro atoms. The van der Waals surface area contributed by atoms with Crippen molar-refractivity contribution in [2.45, 2.75) is 18.4 Å². The van der Waals surface area contributed by atoms with Crippen LogP contribution < -0.4 is 0 Å². The number of nitrogens with zero attached hydrogens (tertiary/aromatic N) is 2. The molecule has 0 aromatic rings. The Labute approximate surface area is 110 Å². The summed E-state index contributed by atoms with van der Waals surface area (Å²) in [5.74, 6) is 0. The predicted molar refractivity (Wildman–Crippen MR) is 70.9 cm³/mol. The second kappa shape index (κ2) is 8.27. The van der Waals surface area contributed by atoms with Crippen molar-refractivity contribution in [1.82, 2.24) is 9.80 Å². The maximum atomic E-state index is 6.13. The van der Waals surface area contributed by atoms with Crippen molar-refractivity contribution in [2.75, 3.05) is 60.1 Å². The van der Waals surface area contributed by atoms with Crippen molar-refractivity contribution in [3.63, 3.8) is 0 Å². The number of rotatable bonds is 7. The van der Waals surface area contributed by atoms with Gasteiger partial charge in [-0.2, -0.15) is 0 Å². The van der Waals surface area contributed by atoms with E-state index in [2.05, 4.69) is 23.8 Å². The third-order valence-electron chi connectivity index (χ3n) is 3.04. The first-order chi connectivity index (χ1) is 8.15. The van der Waals surface area contributed by atoms with Crippen LogP contribution in [0.2, 0.25) is 0 Å². The fraction of sp³-hybridized carbons (Fsp3) is 1.00. The Bertz CT molecular complexity index is 207. The van der Waals surface area contributed by atoms with Crippen LogP contribution >= 0.6 is 11.6 Å². The first-order valence-electron chi connectivity index (χ1n) is 6.31. The number of methoxy groups -OCH3 is 1. The van der Waals surface area contributed by atoms with Crippen molar-refractivity contribution in [1.29, 1.82) is 0 Å². The molecule has 0 aromatic carbocycles. The van der Waals surface area contributed by atoms with Crippen LogP contribution in [0.15, 0.2) is 0 Å². The molecule has 0 saturated carbocycles. The van der Waals surface area contributed by atoms with Crippen LogP contribution in [0.4, 0.5) is 0 Å². The van der Waals surface area contributed by atoms with Crippen molar-refractivity contribution in [3.05, 3.63) is 0 Å². The van der Waals surface area contributed by atoms with Gasteiger partial charge in [0.05, 0.1) is 24.7 Å². The molecule has 102 valence electrons. The fourth-order valence-electron chi connectivity index (χ4n) is 2.17. The summed E-state index contributed by atoms with van der Waals surface area (Å²) in [7, 11) is 3.76. The van der Waals surface area contributed by atoms with Crippen LogP contribution in [-0.4, -0.2) is 81.4 Å². The van der Waals surface area contributed by atoms with E-state index in [4.69, 9.17) is 21.1 Å². The van der Waals surface area contributed by atoms with Crippen molar-refractivity contribution >= 4 is 11.6 Å². The fourth-order valence-corrected chi connectivity index (χ4v) is 2.53. The maximum absolute atomic E-state index is 6.13. The van der Waals surface area contributed by atoms with Gasteiger partial charge in [0.1, 0.15) is 0 Å². The van der Waals surface area contributed by atoms with Crippen molar-refractivity contribution in [3.8, 4) is 0 Å². The molecule has 2 unspecified atom stereocenters. The number of ether oxygens (including phenoxy) is 2. The normalized spacial score (nSPS) is 24.2. The molecule has 0 aromatic heterocycles. The molecule has 17 heavy (non-hydrogen) atoms. The molecule has 1 saturated heterocycles. The average Bonchev–Trinajstić information content (AvgIpc) is 2.29. The lowest BCUT2D eigenvalue weighted by Crippen LogP contribution is -2.47. The van der Waals surface area contributed by atoms with E-state index in [1.165, 1.54) is 0 Å². The predicted octanol–water partition coefficient (Wildman–Crippen LogP) is 0.893. The summed E-state index contributed by atoms with van der Waals surface area (Å²) in [6, 6.07) is 0. The Balaban J connectivity index is 2.22. The average molecular weight is 265 g/mol. The van der Waals surface area contributed by atoms with E-state index in [9.17, 15) is 0 Å². The van der Waals surface area contributed by atoms with Gasteiger partial charge in [-0.05, 0) is 13.6 Å². The standard InChI is InChI=1S/C12H25ClN2O2/c1-4-15-5-6-17-12(9-15)8-14(2)7-11(13)10-16-3/h11-12H,4-10H2,1-3H3. The SMILES string of the molecule is CCN1CCOC(CN(C)CC(Cl)COC)C1. The lowest BCUT2D eigenvalue weighted by molar-refractivity contribution is -0.0392. The number of morpholine rings is 1. The monoisotopic (exact) mass is 264 g/mol. The molecule has 1 aliphatic heterocycles. The quantitative estimate of drug-likeness (QED) is 0.638. The molecule has 1 heterocycles. The van der Waals surface area contributed by atoms with Gasteiger partial charge in [0.15, 0.2) is 0 Å². The lowest BCUT2D eigenvalue weighted by Gasteiger charge is -2.34. The zero-order valence-corrected chi connectivity index (χ0v) is 11.9. The van der Waals surface area contributed by atoms with Crippen molar-refractivity contribution < 1.29 is 9.47 Å². The topological polar surface area (TPSA) is 24.9 Å². The molecule has 0 bridgehead atoms. The van der Waals surface area contributed by atoms with E-state index < -0.39 is 0 Å². The summed E-state index contributed by atoms with van der Waals surface area (Å²) < 4.78 is 10.8. The summed E-state index contributed by atoms with van der Waals surface area (Å²) >= 11 is 6.13. The molecular formula is C12H25ClN2O2. The summed E-state index contributed by atoms with van der Waals surface area (Å²) in [5, 5.41) is 0.0517. The molecule has 5 heteroatoms. The highest BCUT2D eigenvalue weighted by Crippen LogP contribution is 2.07. The first kappa shape index (κ1) is 15.2. The summed E-state index contributed by atoms with van der Waals surface area (Å²) in [5.41, 5.74) is 0. The molecule has 0 N–H and O–H groups in total. The minimum Gasteiger partial charge on any atom is -0.383 e. The first-order valence-corrected chi connectivity index (χ1v) is 6.74. The summed E-state index contributed by atoms with van der Waals surface area (Å²) in [6.07, 6.45) is 0.306. The van der Waals surface area contributed by atoms with Crippen LogP contribution in [0.25, 0.3) is 0 Å². The molecule has 4 nitrogen and oxygen atoms in total. The zero-order valence-electron chi connectivity index (χ0n) is 11.2. The number of likely N-dealkylation sites (N-methyl/N-ethyl adjacent to an activating group) is 2. The highest BCUT2D eigenvalue weighted by molar-refractivity contribution is 6.20. The number of alkyl halides is 1. The number of hydrogen-bond donors (Lipinski definition) is 0. The van der Waals surface area contributed by atoms with Crippen LogP contribution in [-0.2, 0) is 9.47 Å². The molecule has 1 rings (SSSR count). The molecule has 0 aliphatic carbocycles. The zero-order chi connectivity index (χ0) is 12.7. The van der Waals surface area contributed by atoms with E-state index in [1.807, 2.05) is 0 Å². The van der Waals surface area contributed by atoms with Gasteiger partial charge >= 0.3 is 0 Å². The largest absolute Gasteiger partial charge is 0.383 e. The van der Waals surface area contributed by atoms with Gasteiger partial charge in [-0.15, -0.1) is 11.6 Å². The van der Waals surface area contributed by atoms with Crippen LogP contribution in [0.3, 0.4) is 0 Å². The maximum Gasteiger partial charge on any atom is 0.0829 e. The molecule has 1 fully saturated rings. The van der Waals surface area contributed by atoms with E-state index >= 15 is 0 Å². The Morgan fingerprint density at radius 2 is 2.35 bits per heavy atom. The number of halogens is 1. The molecule has 0 amide bonds. The van der Waals surface area contributed by atoms with Crippen molar-refractivity contribution in [2.24, 2.45) is 0 Å². The van der Waals surface area contributed by atoms with E-state index in [0.29, 0.717) is 12.7 Å². The third kappa shape index (κ3) is 6.02. The van der Waals surface area contributed by atoms with Gasteiger partial charge in [0, 0.05) is 33.3 Å². The molecule has 0 radical (unpaired) electrons. The second-order valence-electron chi connectivity index (χ2n) is 4.66. The third-order valence-corrected chi connectivity index (χ3v) is 3.31. The van der Waals surface area contributed by atoms with E-state index in [-0.39, 0.29) is 5.38 Å². The van der Waals surface area contributed by atoms with Gasteiger partial charge in [-0.3, -0.25) is 4.90 Å². The van der Waals surface area contributed by atoms with Crippen LogP contribution in [0, 0.1) is 0 Å². The van der Waals surface area contributed by atoms with Gasteiger partial charge in [0.25, 0.3) is 0 Å². The van der Waals surface area contributed by atoms with Gasteiger partial charge in [-0.1, -0.05) is 6.92 Å². The lowest BCUT2D eigenvalue weighted by atomic mass is 10.2. The van der Waals surface area contributed by atoms with Gasteiger partial charge < -0.3 is 14.4 Å². The van der Waals surface area contributed by atoms with Gasteiger partial charge in [0.2, 0.25) is 0 Å². The highest BCUT2D eigenvalue weighted by Gasteiger charge is 2.21. The Kier molecular flexibility index (Phi) is 7.39.